The number of hydrogen-bond acceptors (Lipinski definition) is 7. The van der Waals surface area contributed by atoms with Crippen molar-refractivity contribution in [2.24, 2.45) is 5.92 Å². The molecule has 0 aliphatic heterocycles. The van der Waals surface area contributed by atoms with Gasteiger partial charge in [-0.15, -0.1) is 21.5 Å². The lowest BCUT2D eigenvalue weighted by Gasteiger charge is -2.16. The fourth-order valence-corrected chi connectivity index (χ4v) is 4.69. The first-order valence-electron chi connectivity index (χ1n) is 10.4. The smallest absolute Gasteiger partial charge is 0.270 e. The molecular weight excluding hydrogens is 459 g/mol. The fourth-order valence-electron chi connectivity index (χ4n) is 2.95. The van der Waals surface area contributed by atoms with Crippen LogP contribution in [0.25, 0.3) is 17.1 Å². The van der Waals surface area contributed by atoms with Gasteiger partial charge in [-0.05, 0) is 37.1 Å². The topological polar surface area (TPSA) is 85.6 Å². The summed E-state index contributed by atoms with van der Waals surface area (Å²) in [4.78, 5) is 21.0. The number of hydrogen-bond donors (Lipinski definition) is 1. The zero-order valence-corrected chi connectivity index (χ0v) is 20.0. The minimum Gasteiger partial charge on any atom is -0.348 e. The summed E-state index contributed by atoms with van der Waals surface area (Å²) in [5.41, 5.74) is 1.48. The van der Waals surface area contributed by atoms with Crippen LogP contribution in [0.5, 0.6) is 0 Å². The molecule has 0 saturated heterocycles. The molecule has 1 atom stereocenters. The van der Waals surface area contributed by atoms with Crippen molar-refractivity contribution in [2.75, 3.05) is 0 Å². The molecule has 0 bridgehead atoms. The molecule has 1 N–H and O–H groups in total. The second-order valence-corrected chi connectivity index (χ2v) is 9.64. The zero-order chi connectivity index (χ0) is 23.4. The Balaban J connectivity index is 1.57. The molecule has 4 aromatic rings. The van der Waals surface area contributed by atoms with Crippen molar-refractivity contribution in [1.29, 1.82) is 0 Å². The highest BCUT2D eigenvalue weighted by Crippen LogP contribution is 2.31. The molecule has 3 heterocycles. The van der Waals surface area contributed by atoms with Crippen molar-refractivity contribution < 1.29 is 9.18 Å². The number of thioether (sulfide) groups is 1. The van der Waals surface area contributed by atoms with E-state index in [0.717, 1.165) is 10.6 Å². The summed E-state index contributed by atoms with van der Waals surface area (Å²) < 4.78 is 16.4. The Labute approximate surface area is 199 Å². The van der Waals surface area contributed by atoms with Gasteiger partial charge in [0.2, 0.25) is 0 Å². The number of thiazole rings is 1. The number of amides is 1. The molecule has 1 aromatic carbocycles. The minimum atomic E-state index is -0.378. The van der Waals surface area contributed by atoms with Crippen LogP contribution < -0.4 is 5.32 Å². The van der Waals surface area contributed by atoms with Gasteiger partial charge >= 0.3 is 0 Å². The second-order valence-electron chi connectivity index (χ2n) is 7.76. The average molecular weight is 483 g/mol. The molecule has 0 fully saturated rings. The highest BCUT2D eigenvalue weighted by atomic mass is 32.2. The van der Waals surface area contributed by atoms with E-state index in [1.165, 1.54) is 29.2 Å². The normalized spacial score (nSPS) is 12.2. The number of carbonyl (C=O) groups excluding carboxylic acids is 1. The Hall–Kier alpha value is -3.11. The quantitative estimate of drug-likeness (QED) is 0.356. The van der Waals surface area contributed by atoms with E-state index in [4.69, 9.17) is 0 Å². The number of pyridine rings is 1. The molecule has 0 radical (unpaired) electrons. The van der Waals surface area contributed by atoms with Crippen LogP contribution in [0.15, 0.2) is 59.3 Å². The maximum absolute atomic E-state index is 14.7. The van der Waals surface area contributed by atoms with Crippen LogP contribution in [-0.2, 0) is 5.75 Å². The lowest BCUT2D eigenvalue weighted by atomic mass is 10.1. The third kappa shape index (κ3) is 5.28. The van der Waals surface area contributed by atoms with Gasteiger partial charge in [-0.1, -0.05) is 37.7 Å². The standard InChI is InChI=1S/C23H23FN6OS2/c1-14(2)15(3)26-22(31)18-12-32-20(27-18)13-33-23-29-28-21(16-7-6-10-25-11-16)30(23)19-9-5-4-8-17(19)24/h4-12,14-15H,13H2,1-3H3,(H,26,31). The van der Waals surface area contributed by atoms with Crippen LogP contribution in [0.4, 0.5) is 4.39 Å². The van der Waals surface area contributed by atoms with Crippen LogP contribution in [0, 0.1) is 11.7 Å². The molecule has 170 valence electrons. The highest BCUT2D eigenvalue weighted by Gasteiger charge is 2.20. The van der Waals surface area contributed by atoms with Crippen LogP contribution in [0.1, 0.15) is 36.3 Å². The van der Waals surface area contributed by atoms with E-state index < -0.39 is 0 Å². The van der Waals surface area contributed by atoms with Crippen LogP contribution in [0.2, 0.25) is 0 Å². The van der Waals surface area contributed by atoms with Crippen molar-refractivity contribution in [3.05, 3.63) is 70.7 Å². The SMILES string of the molecule is CC(C)C(C)NC(=O)c1csc(CSc2nnc(-c3cccnc3)n2-c2ccccc2F)n1. The minimum absolute atomic E-state index is 0.0576. The molecule has 0 aliphatic rings. The number of halogens is 1. The third-order valence-corrected chi connectivity index (χ3v) is 7.09. The first-order chi connectivity index (χ1) is 15.9. The lowest BCUT2D eigenvalue weighted by molar-refractivity contribution is 0.0926. The van der Waals surface area contributed by atoms with Gasteiger partial charge in [0, 0.05) is 29.4 Å². The van der Waals surface area contributed by atoms with Gasteiger partial charge < -0.3 is 5.32 Å². The van der Waals surface area contributed by atoms with E-state index in [0.29, 0.717) is 34.0 Å². The summed E-state index contributed by atoms with van der Waals surface area (Å²) in [6.45, 7) is 6.08. The summed E-state index contributed by atoms with van der Waals surface area (Å²) in [6, 6.07) is 10.2. The van der Waals surface area contributed by atoms with Crippen molar-refractivity contribution in [3.8, 4) is 17.1 Å². The molecule has 33 heavy (non-hydrogen) atoms. The van der Waals surface area contributed by atoms with E-state index in [1.807, 2.05) is 13.0 Å². The van der Waals surface area contributed by atoms with E-state index in [1.54, 1.807) is 46.6 Å². The molecular formula is C23H23FN6OS2. The first-order valence-corrected chi connectivity index (χ1v) is 12.3. The Morgan fingerprint density at radius 3 is 2.73 bits per heavy atom. The number of aromatic nitrogens is 5. The summed E-state index contributed by atoms with van der Waals surface area (Å²) in [5.74, 6) is 0.741. The Kier molecular flexibility index (Phi) is 7.14. The molecule has 3 aromatic heterocycles. The third-order valence-electron chi connectivity index (χ3n) is 5.11. The summed E-state index contributed by atoms with van der Waals surface area (Å²) >= 11 is 2.79. The van der Waals surface area contributed by atoms with E-state index in [9.17, 15) is 9.18 Å². The Bertz CT molecular complexity index is 1240. The van der Waals surface area contributed by atoms with Gasteiger partial charge in [0.25, 0.3) is 5.91 Å². The van der Waals surface area contributed by atoms with Crippen molar-refractivity contribution in [2.45, 2.75) is 37.7 Å². The largest absolute Gasteiger partial charge is 0.348 e. The molecule has 1 amide bonds. The number of para-hydroxylation sites is 1. The summed E-state index contributed by atoms with van der Waals surface area (Å²) in [6.07, 6.45) is 3.33. The van der Waals surface area contributed by atoms with E-state index in [2.05, 4.69) is 39.3 Å². The number of nitrogens with one attached hydrogen (secondary N) is 1. The lowest BCUT2D eigenvalue weighted by Crippen LogP contribution is -2.36. The van der Waals surface area contributed by atoms with Gasteiger partial charge in [0.05, 0.1) is 11.4 Å². The Morgan fingerprint density at radius 2 is 2.00 bits per heavy atom. The predicted octanol–water partition coefficient (Wildman–Crippen LogP) is 4.99. The molecule has 10 heteroatoms. The summed E-state index contributed by atoms with van der Waals surface area (Å²) in [7, 11) is 0. The van der Waals surface area contributed by atoms with E-state index >= 15 is 0 Å². The van der Waals surface area contributed by atoms with Crippen LogP contribution >= 0.6 is 23.1 Å². The predicted molar refractivity (Wildman–Crippen MR) is 128 cm³/mol. The average Bonchev–Trinajstić information content (AvgIpc) is 3.46. The molecule has 0 saturated carbocycles. The number of nitrogens with zero attached hydrogens (tertiary/aromatic N) is 5. The molecule has 0 spiro atoms. The molecule has 4 rings (SSSR count). The first kappa shape index (κ1) is 23.1. The van der Waals surface area contributed by atoms with Crippen LogP contribution in [0.3, 0.4) is 0 Å². The number of carbonyl (C=O) groups is 1. The maximum Gasteiger partial charge on any atom is 0.270 e. The van der Waals surface area contributed by atoms with Gasteiger partial charge in [0.1, 0.15) is 16.5 Å². The number of rotatable bonds is 8. The van der Waals surface area contributed by atoms with Gasteiger partial charge in [0.15, 0.2) is 11.0 Å². The van der Waals surface area contributed by atoms with Gasteiger partial charge in [-0.3, -0.25) is 14.3 Å². The second kappa shape index (κ2) is 10.2. The van der Waals surface area contributed by atoms with Crippen molar-refractivity contribution >= 4 is 29.0 Å². The highest BCUT2D eigenvalue weighted by molar-refractivity contribution is 7.98. The van der Waals surface area contributed by atoms with Crippen molar-refractivity contribution in [1.82, 2.24) is 30.0 Å². The Morgan fingerprint density at radius 1 is 1.18 bits per heavy atom. The maximum atomic E-state index is 14.7. The summed E-state index contributed by atoms with van der Waals surface area (Å²) in [5, 5.41) is 14.6. The number of benzene rings is 1. The zero-order valence-electron chi connectivity index (χ0n) is 18.4. The van der Waals surface area contributed by atoms with E-state index in [-0.39, 0.29) is 17.8 Å². The van der Waals surface area contributed by atoms with Crippen molar-refractivity contribution in [3.63, 3.8) is 0 Å². The van der Waals surface area contributed by atoms with Gasteiger partial charge in [-0.2, -0.15) is 0 Å². The van der Waals surface area contributed by atoms with Gasteiger partial charge in [-0.25, -0.2) is 9.37 Å². The molecule has 1 unspecified atom stereocenters. The monoisotopic (exact) mass is 482 g/mol. The molecule has 0 aliphatic carbocycles. The fraction of sp³-hybridized carbons (Fsp3) is 0.261. The molecule has 7 nitrogen and oxygen atoms in total. The van der Waals surface area contributed by atoms with Crippen LogP contribution in [-0.4, -0.2) is 36.7 Å².